The van der Waals surface area contributed by atoms with Crippen LogP contribution in [-0.2, 0) is 6.61 Å². The van der Waals surface area contributed by atoms with Gasteiger partial charge < -0.3 is 19.3 Å². The number of aliphatic hydroxyl groups is 1. The van der Waals surface area contributed by atoms with Crippen molar-refractivity contribution in [1.29, 1.82) is 0 Å². The molecule has 144 valence electrons. The van der Waals surface area contributed by atoms with Gasteiger partial charge in [-0.3, -0.25) is 0 Å². The zero-order chi connectivity index (χ0) is 19.9. The third kappa shape index (κ3) is 4.75. The summed E-state index contributed by atoms with van der Waals surface area (Å²) in [5, 5.41) is 9.75. The number of benzene rings is 4. The fourth-order valence-corrected chi connectivity index (χ4v) is 2.81. The Balaban J connectivity index is 1.79. The number of aliphatic hydroxyl groups excluding tert-OH is 1. The van der Waals surface area contributed by atoms with Crippen molar-refractivity contribution < 1.29 is 19.3 Å². The standard InChI is InChI=1S/C25H20O4/c26-18-19-16-23(27-20-10-4-1-5-11-20)25(29-22-14-8-3-9-15-22)24(17-19)28-21-12-6-2-7-13-21/h1-17,26H,18H2. The minimum atomic E-state index is -0.151. The normalized spacial score (nSPS) is 10.4. The van der Waals surface area contributed by atoms with Crippen LogP contribution in [0.15, 0.2) is 103 Å². The minimum Gasteiger partial charge on any atom is -0.453 e. The summed E-state index contributed by atoms with van der Waals surface area (Å²) in [6, 6.07) is 31.8. The lowest BCUT2D eigenvalue weighted by Crippen LogP contribution is -1.97. The Morgan fingerprint density at radius 1 is 0.517 bits per heavy atom. The predicted octanol–water partition coefficient (Wildman–Crippen LogP) is 6.56. The lowest BCUT2D eigenvalue weighted by atomic mass is 10.2. The van der Waals surface area contributed by atoms with E-state index in [4.69, 9.17) is 14.2 Å². The van der Waals surface area contributed by atoms with Crippen LogP contribution in [-0.4, -0.2) is 5.11 Å². The largest absolute Gasteiger partial charge is 0.453 e. The third-order valence-corrected chi connectivity index (χ3v) is 4.17. The third-order valence-electron chi connectivity index (χ3n) is 4.17. The van der Waals surface area contributed by atoms with E-state index in [0.29, 0.717) is 40.1 Å². The van der Waals surface area contributed by atoms with Gasteiger partial charge in [0.15, 0.2) is 11.5 Å². The first-order valence-corrected chi connectivity index (χ1v) is 9.28. The van der Waals surface area contributed by atoms with E-state index in [-0.39, 0.29) is 6.61 Å². The zero-order valence-electron chi connectivity index (χ0n) is 15.7. The highest BCUT2D eigenvalue weighted by atomic mass is 16.5. The van der Waals surface area contributed by atoms with Crippen LogP contribution in [0.3, 0.4) is 0 Å². The number of hydrogen-bond donors (Lipinski definition) is 1. The molecule has 0 unspecified atom stereocenters. The van der Waals surface area contributed by atoms with Gasteiger partial charge in [0.1, 0.15) is 17.2 Å². The van der Waals surface area contributed by atoms with Crippen molar-refractivity contribution in [2.45, 2.75) is 6.61 Å². The first kappa shape index (κ1) is 18.6. The summed E-state index contributed by atoms with van der Waals surface area (Å²) >= 11 is 0. The molecule has 0 amide bonds. The molecule has 0 spiro atoms. The van der Waals surface area contributed by atoms with Gasteiger partial charge in [0.2, 0.25) is 5.75 Å². The molecule has 4 aromatic carbocycles. The van der Waals surface area contributed by atoms with Crippen LogP contribution in [0.4, 0.5) is 0 Å². The van der Waals surface area contributed by atoms with Crippen LogP contribution in [0.5, 0.6) is 34.5 Å². The molecule has 0 fully saturated rings. The number of ether oxygens (including phenoxy) is 3. The van der Waals surface area contributed by atoms with Crippen molar-refractivity contribution in [1.82, 2.24) is 0 Å². The lowest BCUT2D eigenvalue weighted by molar-refractivity contribution is 0.280. The molecule has 0 aliphatic heterocycles. The van der Waals surface area contributed by atoms with Crippen LogP contribution in [0, 0.1) is 0 Å². The van der Waals surface area contributed by atoms with E-state index in [1.807, 2.05) is 91.0 Å². The molecule has 0 heterocycles. The van der Waals surface area contributed by atoms with Gasteiger partial charge in [0.05, 0.1) is 6.61 Å². The van der Waals surface area contributed by atoms with E-state index >= 15 is 0 Å². The van der Waals surface area contributed by atoms with Gasteiger partial charge in [0, 0.05) is 0 Å². The van der Waals surface area contributed by atoms with Gasteiger partial charge in [-0.15, -0.1) is 0 Å². The molecule has 0 saturated heterocycles. The lowest BCUT2D eigenvalue weighted by Gasteiger charge is -2.18. The Hall–Kier alpha value is -3.76. The summed E-state index contributed by atoms with van der Waals surface area (Å²) < 4.78 is 18.3. The summed E-state index contributed by atoms with van der Waals surface area (Å²) in [4.78, 5) is 0. The second-order valence-electron chi connectivity index (χ2n) is 6.32. The van der Waals surface area contributed by atoms with Crippen molar-refractivity contribution in [3.8, 4) is 34.5 Å². The predicted molar refractivity (Wildman–Crippen MR) is 112 cm³/mol. The molecule has 0 saturated carbocycles. The Labute approximate surface area is 169 Å². The molecule has 4 rings (SSSR count). The Bertz CT molecular complexity index is 985. The smallest absolute Gasteiger partial charge is 0.212 e. The summed E-state index contributed by atoms with van der Waals surface area (Å²) in [6.45, 7) is -0.151. The summed E-state index contributed by atoms with van der Waals surface area (Å²) in [6.07, 6.45) is 0. The van der Waals surface area contributed by atoms with Gasteiger partial charge in [-0.05, 0) is 54.1 Å². The van der Waals surface area contributed by atoms with Crippen LogP contribution < -0.4 is 14.2 Å². The summed E-state index contributed by atoms with van der Waals surface area (Å²) in [7, 11) is 0. The number of para-hydroxylation sites is 3. The highest BCUT2D eigenvalue weighted by Gasteiger charge is 2.18. The zero-order valence-corrected chi connectivity index (χ0v) is 15.7. The molecule has 0 aliphatic carbocycles. The molecular weight excluding hydrogens is 364 g/mol. The molecule has 1 N–H and O–H groups in total. The quantitative estimate of drug-likeness (QED) is 0.392. The van der Waals surface area contributed by atoms with E-state index in [0.717, 1.165) is 0 Å². The Morgan fingerprint density at radius 2 is 0.897 bits per heavy atom. The van der Waals surface area contributed by atoms with Crippen LogP contribution in [0.1, 0.15) is 5.56 Å². The second kappa shape index (κ2) is 8.95. The second-order valence-corrected chi connectivity index (χ2v) is 6.32. The summed E-state index contributed by atoms with van der Waals surface area (Å²) in [5.74, 6) is 3.31. The van der Waals surface area contributed by atoms with Crippen molar-refractivity contribution >= 4 is 0 Å². The van der Waals surface area contributed by atoms with Crippen LogP contribution >= 0.6 is 0 Å². The van der Waals surface area contributed by atoms with Crippen molar-refractivity contribution in [2.75, 3.05) is 0 Å². The molecule has 0 radical (unpaired) electrons. The SMILES string of the molecule is OCc1cc(Oc2ccccc2)c(Oc2ccccc2)c(Oc2ccccc2)c1. The monoisotopic (exact) mass is 384 g/mol. The first-order valence-electron chi connectivity index (χ1n) is 9.28. The highest BCUT2D eigenvalue weighted by Crippen LogP contribution is 2.45. The van der Waals surface area contributed by atoms with Gasteiger partial charge in [-0.1, -0.05) is 54.6 Å². The maximum atomic E-state index is 9.75. The fraction of sp³-hybridized carbons (Fsp3) is 0.0400. The molecule has 4 nitrogen and oxygen atoms in total. The number of rotatable bonds is 7. The molecular formula is C25H20O4. The van der Waals surface area contributed by atoms with Crippen LogP contribution in [0.2, 0.25) is 0 Å². The minimum absolute atomic E-state index is 0.151. The molecule has 0 aromatic heterocycles. The molecule has 0 aliphatic rings. The topological polar surface area (TPSA) is 47.9 Å². The van der Waals surface area contributed by atoms with E-state index < -0.39 is 0 Å². The Kier molecular flexibility index (Phi) is 5.74. The Morgan fingerprint density at radius 3 is 1.28 bits per heavy atom. The molecule has 0 atom stereocenters. The molecule has 29 heavy (non-hydrogen) atoms. The highest BCUT2D eigenvalue weighted by molar-refractivity contribution is 5.57. The first-order chi connectivity index (χ1) is 14.3. The van der Waals surface area contributed by atoms with Gasteiger partial charge in [-0.2, -0.15) is 0 Å². The van der Waals surface area contributed by atoms with Crippen molar-refractivity contribution in [2.24, 2.45) is 0 Å². The average Bonchev–Trinajstić information content (AvgIpc) is 2.78. The van der Waals surface area contributed by atoms with Gasteiger partial charge in [0.25, 0.3) is 0 Å². The maximum Gasteiger partial charge on any atom is 0.212 e. The molecule has 4 aromatic rings. The van der Waals surface area contributed by atoms with E-state index in [1.54, 1.807) is 12.1 Å². The molecule has 0 bridgehead atoms. The maximum absolute atomic E-state index is 9.75. The van der Waals surface area contributed by atoms with Crippen LogP contribution in [0.25, 0.3) is 0 Å². The summed E-state index contributed by atoms with van der Waals surface area (Å²) in [5.41, 5.74) is 0.655. The van der Waals surface area contributed by atoms with Gasteiger partial charge in [-0.25, -0.2) is 0 Å². The van der Waals surface area contributed by atoms with Crippen molar-refractivity contribution in [3.05, 3.63) is 109 Å². The van der Waals surface area contributed by atoms with E-state index in [2.05, 4.69) is 0 Å². The number of hydrogen-bond acceptors (Lipinski definition) is 4. The van der Waals surface area contributed by atoms with E-state index in [1.165, 1.54) is 0 Å². The van der Waals surface area contributed by atoms with Crippen molar-refractivity contribution in [3.63, 3.8) is 0 Å². The average molecular weight is 384 g/mol. The van der Waals surface area contributed by atoms with Gasteiger partial charge >= 0.3 is 0 Å². The van der Waals surface area contributed by atoms with E-state index in [9.17, 15) is 5.11 Å². The molecule has 4 heteroatoms. The fourth-order valence-electron chi connectivity index (χ4n) is 2.81.